The number of urea groups is 1. The quantitative estimate of drug-likeness (QED) is 0.145. The summed E-state index contributed by atoms with van der Waals surface area (Å²) in [5.74, 6) is -0.467. The van der Waals surface area contributed by atoms with Gasteiger partial charge in [0.05, 0.1) is 29.3 Å². The number of carbonyl (C=O) groups excluding carboxylic acids is 2. The van der Waals surface area contributed by atoms with Gasteiger partial charge in [-0.15, -0.1) is 11.3 Å². The third kappa shape index (κ3) is 9.54. The van der Waals surface area contributed by atoms with Gasteiger partial charge in [-0.1, -0.05) is 65.0 Å². The van der Waals surface area contributed by atoms with Crippen molar-refractivity contribution in [1.29, 1.82) is 0 Å². The number of rotatable bonds is 15. The van der Waals surface area contributed by atoms with Crippen LogP contribution in [0.15, 0.2) is 89.4 Å². The van der Waals surface area contributed by atoms with Crippen molar-refractivity contribution in [2.75, 3.05) is 31.9 Å². The molecule has 0 saturated carbocycles. The zero-order chi connectivity index (χ0) is 37.6. The lowest BCUT2D eigenvalue weighted by atomic mass is 9.84. The fourth-order valence-electron chi connectivity index (χ4n) is 6.40. The molecule has 1 aliphatic rings. The summed E-state index contributed by atoms with van der Waals surface area (Å²) in [6.45, 7) is 10.5. The minimum atomic E-state index is -4.01. The minimum Gasteiger partial charge on any atom is -0.399 e. The lowest BCUT2D eigenvalue weighted by Gasteiger charge is -2.38. The molecule has 0 unspecified atom stereocenters. The maximum absolute atomic E-state index is 14.4. The summed E-state index contributed by atoms with van der Waals surface area (Å²) in [4.78, 5) is 40.5. The highest BCUT2D eigenvalue weighted by Crippen LogP contribution is 2.30. The molecule has 0 radical (unpaired) electrons. The van der Waals surface area contributed by atoms with Crippen LogP contribution in [0.5, 0.6) is 0 Å². The number of pyridine rings is 1. The topological polar surface area (TPSA) is 162 Å². The molecule has 2 aromatic carbocycles. The average molecular weight is 748 g/mol. The van der Waals surface area contributed by atoms with Gasteiger partial charge in [0, 0.05) is 55.2 Å². The first kappa shape index (κ1) is 38.9. The highest BCUT2D eigenvalue weighted by Gasteiger charge is 2.44. The van der Waals surface area contributed by atoms with Crippen molar-refractivity contribution >= 4 is 39.0 Å². The molecule has 12 nitrogen and oxygen atoms in total. The van der Waals surface area contributed by atoms with Gasteiger partial charge in [-0.05, 0) is 59.7 Å². The molecule has 14 heteroatoms. The monoisotopic (exact) mass is 747 g/mol. The van der Waals surface area contributed by atoms with Gasteiger partial charge in [0.25, 0.3) is 0 Å². The van der Waals surface area contributed by atoms with Gasteiger partial charge < -0.3 is 26.0 Å². The zero-order valence-electron chi connectivity index (χ0n) is 30.3. The van der Waals surface area contributed by atoms with Crippen LogP contribution in [-0.2, 0) is 27.8 Å². The molecule has 4 N–H and O–H groups in total. The standard InChI is InChI=1S/C38H49N7O5S2/c1-26(2)22-44(52(49,50)31-15-13-29(39)14-16-31)24-33(46)32(20-27-10-7-6-8-11-27)42-35(47)34(38(3,4)5)45-19-18-43(37(45)48)23-30-25-51-36(41-30)28-12-9-17-40-21-28/h6-17,21,25-26,32-34,46H,18-20,22-24,39H2,1-5H3,(H,42,47)/t32-,33-,34+/m0/s1. The average Bonchev–Trinajstić information content (AvgIpc) is 3.71. The zero-order valence-corrected chi connectivity index (χ0v) is 32.0. The van der Waals surface area contributed by atoms with Crippen LogP contribution in [0.1, 0.15) is 45.9 Å². The second-order valence-electron chi connectivity index (χ2n) is 14.7. The van der Waals surface area contributed by atoms with E-state index in [-0.39, 0.29) is 36.4 Å². The molecule has 0 bridgehead atoms. The molecule has 52 heavy (non-hydrogen) atoms. The van der Waals surface area contributed by atoms with Crippen LogP contribution >= 0.6 is 11.3 Å². The number of aromatic nitrogens is 2. The number of sulfonamides is 1. The number of hydrogen-bond donors (Lipinski definition) is 3. The van der Waals surface area contributed by atoms with Gasteiger partial charge in [-0.25, -0.2) is 18.2 Å². The van der Waals surface area contributed by atoms with Crippen LogP contribution in [0.25, 0.3) is 10.6 Å². The van der Waals surface area contributed by atoms with Crippen LogP contribution in [-0.4, -0.2) is 93.9 Å². The van der Waals surface area contributed by atoms with E-state index in [1.807, 2.05) is 82.5 Å². The summed E-state index contributed by atoms with van der Waals surface area (Å²) in [5, 5.41) is 17.6. The van der Waals surface area contributed by atoms with Gasteiger partial charge in [0.1, 0.15) is 11.0 Å². The van der Waals surface area contributed by atoms with Crippen molar-refractivity contribution in [2.45, 2.75) is 70.7 Å². The van der Waals surface area contributed by atoms with Crippen LogP contribution in [0.3, 0.4) is 0 Å². The third-order valence-electron chi connectivity index (χ3n) is 8.89. The van der Waals surface area contributed by atoms with Crippen LogP contribution in [0.4, 0.5) is 10.5 Å². The summed E-state index contributed by atoms with van der Waals surface area (Å²) in [7, 11) is -4.01. The number of nitrogen functional groups attached to an aromatic ring is 1. The number of benzene rings is 2. The van der Waals surface area contributed by atoms with E-state index in [1.165, 1.54) is 39.9 Å². The Hall–Kier alpha value is -4.37. The lowest BCUT2D eigenvalue weighted by molar-refractivity contribution is -0.130. The van der Waals surface area contributed by atoms with E-state index in [4.69, 9.17) is 10.7 Å². The second kappa shape index (κ2) is 16.5. The summed E-state index contributed by atoms with van der Waals surface area (Å²) >= 11 is 1.48. The first-order valence-corrected chi connectivity index (χ1v) is 19.7. The smallest absolute Gasteiger partial charge is 0.321 e. The van der Waals surface area contributed by atoms with E-state index in [1.54, 1.807) is 22.2 Å². The first-order valence-electron chi connectivity index (χ1n) is 17.4. The molecule has 2 aromatic heterocycles. The number of aliphatic hydroxyl groups is 1. The maximum atomic E-state index is 14.4. The van der Waals surface area contributed by atoms with Gasteiger partial charge >= 0.3 is 6.03 Å². The molecule has 1 fully saturated rings. The molecular formula is C38H49N7O5S2. The Kier molecular flexibility index (Phi) is 12.4. The van der Waals surface area contributed by atoms with Crippen LogP contribution in [0.2, 0.25) is 0 Å². The highest BCUT2D eigenvalue weighted by atomic mass is 32.2. The van der Waals surface area contributed by atoms with Gasteiger partial charge in [-0.3, -0.25) is 9.78 Å². The molecule has 278 valence electrons. The molecule has 0 spiro atoms. The van der Waals surface area contributed by atoms with E-state index in [9.17, 15) is 23.1 Å². The molecule has 1 saturated heterocycles. The van der Waals surface area contributed by atoms with Gasteiger partial charge in [0.15, 0.2) is 0 Å². The van der Waals surface area contributed by atoms with Crippen molar-refractivity contribution in [1.82, 2.24) is 29.4 Å². The predicted octanol–water partition coefficient (Wildman–Crippen LogP) is 4.87. The summed E-state index contributed by atoms with van der Waals surface area (Å²) in [6.07, 6.45) is 2.42. The SMILES string of the molecule is CC(C)CN(C[C@H](O)[C@H](Cc1ccccc1)NC(=O)[C@@H](N1CCN(Cc2csc(-c3cccnc3)n2)C1=O)C(C)(C)C)S(=O)(=O)c1ccc(N)cc1. The molecule has 3 amide bonds. The Morgan fingerprint density at radius 1 is 1.04 bits per heavy atom. The summed E-state index contributed by atoms with van der Waals surface area (Å²) in [5.41, 5.74) is 8.09. The number of nitrogens with two attached hydrogens (primary N) is 1. The molecule has 0 aliphatic carbocycles. The number of carbonyl (C=O) groups is 2. The Bertz CT molecular complexity index is 1900. The number of amides is 3. The number of aliphatic hydroxyl groups excluding tert-OH is 1. The van der Waals surface area contributed by atoms with E-state index in [2.05, 4.69) is 10.3 Å². The van der Waals surface area contributed by atoms with Crippen LogP contribution < -0.4 is 11.1 Å². The Labute approximate surface area is 310 Å². The number of hydrogen-bond acceptors (Lipinski definition) is 9. The normalized spacial score (nSPS) is 15.7. The fourth-order valence-corrected chi connectivity index (χ4v) is 8.83. The molecule has 3 heterocycles. The molecular weight excluding hydrogens is 699 g/mol. The molecule has 4 aromatic rings. The van der Waals surface area contributed by atoms with E-state index in [0.29, 0.717) is 25.3 Å². The first-order chi connectivity index (χ1) is 24.6. The second-order valence-corrected chi connectivity index (χ2v) is 17.5. The fraction of sp³-hybridized carbons (Fsp3) is 0.421. The third-order valence-corrected chi connectivity index (χ3v) is 11.7. The van der Waals surface area contributed by atoms with E-state index >= 15 is 0 Å². The van der Waals surface area contributed by atoms with Crippen molar-refractivity contribution in [3.63, 3.8) is 0 Å². The summed E-state index contributed by atoms with van der Waals surface area (Å²) in [6, 6.07) is 17.1. The Morgan fingerprint density at radius 2 is 1.75 bits per heavy atom. The van der Waals surface area contributed by atoms with Crippen LogP contribution in [0, 0.1) is 11.3 Å². The number of nitrogens with zero attached hydrogens (tertiary/aromatic N) is 5. The molecule has 3 atom stereocenters. The number of thiazole rings is 1. The predicted molar refractivity (Wildman–Crippen MR) is 204 cm³/mol. The molecule has 1 aliphatic heterocycles. The number of anilines is 1. The highest BCUT2D eigenvalue weighted by molar-refractivity contribution is 7.89. The van der Waals surface area contributed by atoms with Crippen molar-refractivity contribution in [2.24, 2.45) is 11.3 Å². The van der Waals surface area contributed by atoms with E-state index < -0.39 is 39.5 Å². The summed E-state index contributed by atoms with van der Waals surface area (Å²) < 4.78 is 28.9. The lowest BCUT2D eigenvalue weighted by Crippen LogP contribution is -2.59. The van der Waals surface area contributed by atoms with E-state index in [0.717, 1.165) is 21.8 Å². The van der Waals surface area contributed by atoms with Crippen molar-refractivity contribution < 1.29 is 23.1 Å². The number of nitrogens with one attached hydrogen (secondary N) is 1. The van der Waals surface area contributed by atoms with Gasteiger partial charge in [0.2, 0.25) is 15.9 Å². The molecule has 5 rings (SSSR count). The van der Waals surface area contributed by atoms with Crippen molar-refractivity contribution in [3.8, 4) is 10.6 Å². The Balaban J connectivity index is 1.36. The minimum absolute atomic E-state index is 0.0430. The van der Waals surface area contributed by atoms with Gasteiger partial charge in [-0.2, -0.15) is 4.31 Å². The largest absolute Gasteiger partial charge is 0.399 e. The van der Waals surface area contributed by atoms with Crippen molar-refractivity contribution in [3.05, 3.63) is 95.8 Å². The Morgan fingerprint density at radius 3 is 2.38 bits per heavy atom. The maximum Gasteiger partial charge on any atom is 0.321 e.